The molecule has 1 aliphatic rings. The molecule has 1 aliphatic heterocycles. The molecule has 0 saturated carbocycles. The second-order valence-electron chi connectivity index (χ2n) is 9.65. The molecule has 35 heavy (non-hydrogen) atoms. The smallest absolute Gasteiger partial charge is 0.410 e. The summed E-state index contributed by atoms with van der Waals surface area (Å²) in [6, 6.07) is 12.1. The molecule has 8 heteroatoms. The Hall–Kier alpha value is -3.81. The number of aromatic nitrogens is 2. The van der Waals surface area contributed by atoms with Gasteiger partial charge in [-0.3, -0.25) is 4.98 Å². The van der Waals surface area contributed by atoms with Crippen molar-refractivity contribution in [2.75, 3.05) is 36.8 Å². The van der Waals surface area contributed by atoms with Crippen molar-refractivity contribution in [3.8, 4) is 11.3 Å². The quantitative estimate of drug-likeness (QED) is 0.524. The van der Waals surface area contributed by atoms with Crippen LogP contribution in [-0.2, 0) is 4.74 Å². The third-order valence-electron chi connectivity index (χ3n) is 5.70. The fraction of sp³-hybridized carbons (Fsp3) is 0.333. The third-order valence-corrected chi connectivity index (χ3v) is 5.70. The number of H-pyrrole nitrogens is 1. The molecule has 0 radical (unpaired) electrons. The topological polar surface area (TPSA) is 87.5 Å². The van der Waals surface area contributed by atoms with Crippen molar-refractivity contribution in [3.05, 3.63) is 65.7 Å². The molecule has 1 aromatic carbocycles. The number of hydrogen-bond donors (Lipinski definition) is 2. The van der Waals surface area contributed by atoms with Gasteiger partial charge in [0.15, 0.2) is 0 Å². The predicted molar refractivity (Wildman–Crippen MR) is 138 cm³/mol. The van der Waals surface area contributed by atoms with E-state index in [2.05, 4.69) is 14.9 Å². The highest BCUT2D eigenvalue weighted by Crippen LogP contribution is 2.30. The molecule has 7 nitrogen and oxygen atoms in total. The molecular formula is C27H32FN5O2. The monoisotopic (exact) mass is 477 g/mol. The lowest BCUT2D eigenvalue weighted by Gasteiger charge is -2.26. The number of halogens is 1. The number of rotatable bonds is 4. The molecule has 0 unspecified atom stereocenters. The van der Waals surface area contributed by atoms with Crippen LogP contribution in [0.15, 0.2) is 48.7 Å². The minimum Gasteiger partial charge on any atom is -0.444 e. The minimum absolute atomic E-state index is 0.260. The van der Waals surface area contributed by atoms with Gasteiger partial charge in [-0.15, -0.1) is 0 Å². The number of benzene rings is 1. The summed E-state index contributed by atoms with van der Waals surface area (Å²) >= 11 is 0. The Morgan fingerprint density at radius 2 is 1.86 bits per heavy atom. The summed E-state index contributed by atoms with van der Waals surface area (Å²) in [5, 5.41) is 0. The van der Waals surface area contributed by atoms with E-state index < -0.39 is 5.60 Å². The van der Waals surface area contributed by atoms with Crippen molar-refractivity contribution in [2.45, 2.75) is 32.8 Å². The van der Waals surface area contributed by atoms with Crippen molar-refractivity contribution < 1.29 is 13.9 Å². The molecule has 3 heterocycles. The van der Waals surface area contributed by atoms with E-state index in [0.717, 1.165) is 41.3 Å². The highest BCUT2D eigenvalue weighted by molar-refractivity contribution is 5.77. The van der Waals surface area contributed by atoms with Gasteiger partial charge >= 0.3 is 6.09 Å². The van der Waals surface area contributed by atoms with Gasteiger partial charge in [-0.1, -0.05) is 18.2 Å². The predicted octanol–water partition coefficient (Wildman–Crippen LogP) is 5.42. The van der Waals surface area contributed by atoms with Crippen LogP contribution < -0.4 is 10.6 Å². The number of hydrogen-bond acceptors (Lipinski definition) is 5. The van der Waals surface area contributed by atoms with Crippen LogP contribution >= 0.6 is 0 Å². The van der Waals surface area contributed by atoms with Gasteiger partial charge in [-0.2, -0.15) is 0 Å². The van der Waals surface area contributed by atoms with E-state index in [1.54, 1.807) is 23.2 Å². The highest BCUT2D eigenvalue weighted by Gasteiger charge is 2.25. The molecule has 0 spiro atoms. The van der Waals surface area contributed by atoms with Crippen LogP contribution in [0, 0.1) is 5.82 Å². The van der Waals surface area contributed by atoms with E-state index in [0.29, 0.717) is 25.3 Å². The lowest BCUT2D eigenvalue weighted by molar-refractivity contribution is 0.0263. The average Bonchev–Trinajstić information content (AvgIpc) is 3.03. The van der Waals surface area contributed by atoms with E-state index in [1.807, 2.05) is 51.1 Å². The summed E-state index contributed by atoms with van der Waals surface area (Å²) < 4.78 is 18.7. The van der Waals surface area contributed by atoms with Gasteiger partial charge in [-0.25, -0.2) is 9.18 Å². The largest absolute Gasteiger partial charge is 0.444 e. The summed E-state index contributed by atoms with van der Waals surface area (Å²) in [5.74, 6) is 0.593. The van der Waals surface area contributed by atoms with Gasteiger partial charge < -0.3 is 25.3 Å². The number of pyridine rings is 1. The zero-order valence-electron chi connectivity index (χ0n) is 20.4. The maximum absolute atomic E-state index is 13.1. The van der Waals surface area contributed by atoms with Crippen LogP contribution in [0.25, 0.3) is 23.4 Å². The Morgan fingerprint density at radius 1 is 1.09 bits per heavy atom. The van der Waals surface area contributed by atoms with E-state index in [-0.39, 0.29) is 11.9 Å². The molecule has 1 amide bonds. The van der Waals surface area contributed by atoms with Crippen LogP contribution in [0.3, 0.4) is 0 Å². The van der Waals surface area contributed by atoms with Gasteiger partial charge in [-0.05, 0) is 69.2 Å². The van der Waals surface area contributed by atoms with Crippen molar-refractivity contribution in [1.29, 1.82) is 0 Å². The number of anilines is 2. The van der Waals surface area contributed by atoms with Crippen LogP contribution in [0.1, 0.15) is 38.4 Å². The fourth-order valence-corrected chi connectivity index (χ4v) is 3.99. The number of nitrogen functional groups attached to an aromatic ring is 1. The molecule has 0 atom stereocenters. The van der Waals surface area contributed by atoms with E-state index in [9.17, 15) is 9.18 Å². The first-order valence-electron chi connectivity index (χ1n) is 11.8. The third kappa shape index (κ3) is 6.41. The highest BCUT2D eigenvalue weighted by atomic mass is 19.1. The number of nitrogens with two attached hydrogens (primary N) is 1. The molecule has 2 aromatic heterocycles. The summed E-state index contributed by atoms with van der Waals surface area (Å²) in [7, 11) is 0. The standard InChI is InChI=1S/C27H32FN5O2/c1-27(2,3)35-26(34)33-14-4-13-32(15-16-33)25-23(29)18-24(31-25)20-11-12-30-22(17-20)10-7-19-5-8-21(28)9-6-19/h5-12,17-18,31H,4,13-16,29H2,1-3H3/b10-7+. The van der Waals surface area contributed by atoms with Gasteiger partial charge in [0.2, 0.25) is 0 Å². The Bertz CT molecular complexity index is 1200. The molecule has 1 fully saturated rings. The Kier molecular flexibility index (Phi) is 7.10. The van der Waals surface area contributed by atoms with Crippen molar-refractivity contribution in [3.63, 3.8) is 0 Å². The van der Waals surface area contributed by atoms with Crippen LogP contribution in [0.2, 0.25) is 0 Å². The van der Waals surface area contributed by atoms with E-state index in [1.165, 1.54) is 12.1 Å². The van der Waals surface area contributed by atoms with Crippen molar-refractivity contribution >= 4 is 29.8 Å². The summed E-state index contributed by atoms with van der Waals surface area (Å²) in [5.41, 5.74) is 10.1. The van der Waals surface area contributed by atoms with Gasteiger partial charge in [0.25, 0.3) is 0 Å². The first-order chi connectivity index (χ1) is 16.7. The maximum Gasteiger partial charge on any atom is 0.410 e. The normalized spacial score (nSPS) is 14.9. The van der Waals surface area contributed by atoms with Crippen molar-refractivity contribution in [2.24, 2.45) is 0 Å². The molecule has 4 rings (SSSR count). The first kappa shape index (κ1) is 24.3. The SMILES string of the molecule is CC(C)(C)OC(=O)N1CCCN(c2[nH]c(-c3ccnc(/C=C/c4ccc(F)cc4)c3)cc2N)CC1. The van der Waals surface area contributed by atoms with E-state index in [4.69, 9.17) is 10.5 Å². The molecule has 3 aromatic rings. The number of amides is 1. The van der Waals surface area contributed by atoms with Crippen LogP contribution in [0.5, 0.6) is 0 Å². The van der Waals surface area contributed by atoms with Crippen LogP contribution in [-0.4, -0.2) is 52.7 Å². The molecule has 1 saturated heterocycles. The maximum atomic E-state index is 13.1. The second-order valence-corrected chi connectivity index (χ2v) is 9.65. The Labute approximate surface area is 205 Å². The number of carbonyl (C=O) groups excluding carboxylic acids is 1. The first-order valence-corrected chi connectivity index (χ1v) is 11.8. The Morgan fingerprint density at radius 3 is 2.60 bits per heavy atom. The number of ether oxygens (including phenoxy) is 1. The molecule has 3 N–H and O–H groups in total. The second kappa shape index (κ2) is 10.2. The zero-order chi connectivity index (χ0) is 25.0. The number of nitrogens with zero attached hydrogens (tertiary/aromatic N) is 3. The van der Waals surface area contributed by atoms with Crippen molar-refractivity contribution in [1.82, 2.24) is 14.9 Å². The summed E-state index contributed by atoms with van der Waals surface area (Å²) in [6.07, 6.45) is 6.08. The lowest BCUT2D eigenvalue weighted by atomic mass is 10.1. The number of nitrogens with one attached hydrogen (secondary N) is 1. The Balaban J connectivity index is 1.46. The van der Waals surface area contributed by atoms with E-state index >= 15 is 0 Å². The van der Waals surface area contributed by atoms with Crippen LogP contribution in [0.4, 0.5) is 20.7 Å². The van der Waals surface area contributed by atoms with Gasteiger partial charge in [0.1, 0.15) is 17.2 Å². The number of aromatic amines is 1. The molecule has 184 valence electrons. The summed E-state index contributed by atoms with van der Waals surface area (Å²) in [6.45, 7) is 8.28. The van der Waals surface area contributed by atoms with Gasteiger partial charge in [0.05, 0.1) is 11.4 Å². The molecule has 0 aliphatic carbocycles. The minimum atomic E-state index is -0.514. The lowest BCUT2D eigenvalue weighted by Crippen LogP contribution is -2.39. The fourth-order valence-electron chi connectivity index (χ4n) is 3.99. The number of carbonyl (C=O) groups is 1. The molecular weight excluding hydrogens is 445 g/mol. The molecule has 0 bridgehead atoms. The zero-order valence-corrected chi connectivity index (χ0v) is 20.4. The van der Waals surface area contributed by atoms with Gasteiger partial charge in [0, 0.05) is 43.6 Å². The average molecular weight is 478 g/mol. The summed E-state index contributed by atoms with van der Waals surface area (Å²) in [4.78, 5) is 24.3.